The quantitative estimate of drug-likeness (QED) is 0.108. The standard InChI is InChI=1S/C71H49NO.C68H47N/c1-69(2)59-26-12-9-23-53(59)55-40-38-51(44-65(55)69)72(50-36-33-46(34-37-50)47-35-42-68-58(43-47)57-25-11-18-32-67(57)73-68)52-39-41-56-54-24-10-13-27-60(54)71(66(56)45-52)63-30-16-14-28-61(63)70(48-19-5-3-6-20-48,49-21-7-4-8-22-49)62-29-15-17-31-64(62)71;1-5-21-48(22-6-1)49-37-39-50(40-38-49)51-41-43-55(44-42-51)69(66-36-20-14-29-57(66)52-23-7-2-8-24-52)56-45-46-59-58-30-13-15-31-60(58)68(65(59)47-56)63-34-18-16-32-61(63)67(53-25-9-3-10-26-53,54-27-11-4-12-28-54)62-33-17-19-35-64(62)68/h3-45H,1-2H3;1-47H. The number of hydrogen-bond acceptors (Lipinski definition) is 3. The van der Waals surface area contributed by atoms with Crippen molar-refractivity contribution in [1.29, 1.82) is 0 Å². The molecule has 0 bridgehead atoms. The second-order valence-electron chi connectivity index (χ2n) is 39.0. The molecule has 5 aliphatic carbocycles. The molecule has 0 saturated carbocycles. The largest absolute Gasteiger partial charge is 0.456 e. The van der Waals surface area contributed by atoms with E-state index in [1.807, 2.05) is 12.1 Å². The number of fused-ring (bicyclic) bond motifs is 24. The van der Waals surface area contributed by atoms with Crippen LogP contribution in [0.15, 0.2) is 550 Å². The lowest BCUT2D eigenvalue weighted by molar-refractivity contribution is 0.623. The van der Waals surface area contributed by atoms with Gasteiger partial charge in [-0.05, 0) is 257 Å². The minimum atomic E-state index is -0.630. The van der Waals surface area contributed by atoms with Gasteiger partial charge in [0.25, 0.3) is 0 Å². The molecule has 3 nitrogen and oxygen atoms in total. The number of nitrogens with zero attached hydrogens (tertiary/aromatic N) is 2. The third-order valence-corrected chi connectivity index (χ3v) is 31.7. The molecule has 0 saturated heterocycles. The van der Waals surface area contributed by atoms with Gasteiger partial charge in [0, 0.05) is 50.2 Å². The van der Waals surface area contributed by atoms with Crippen LogP contribution in [0.3, 0.4) is 0 Å². The number of para-hydroxylation sites is 2. The van der Waals surface area contributed by atoms with Crippen LogP contribution in [0.2, 0.25) is 0 Å². The first-order valence-electron chi connectivity index (χ1n) is 49.6. The highest BCUT2D eigenvalue weighted by Gasteiger charge is 2.59. The van der Waals surface area contributed by atoms with Gasteiger partial charge in [-0.3, -0.25) is 0 Å². The Balaban J connectivity index is 0.000000142. The summed E-state index contributed by atoms with van der Waals surface area (Å²) >= 11 is 0. The molecule has 0 unspecified atom stereocenters. The maximum atomic E-state index is 6.24. The predicted molar refractivity (Wildman–Crippen MR) is 587 cm³/mol. The summed E-state index contributed by atoms with van der Waals surface area (Å²) in [5.74, 6) is 0. The maximum absolute atomic E-state index is 6.24. The molecule has 142 heavy (non-hydrogen) atoms. The molecule has 22 aromatic carbocycles. The summed E-state index contributed by atoms with van der Waals surface area (Å²) in [7, 11) is 0. The highest BCUT2D eigenvalue weighted by Crippen LogP contribution is 2.68. The Bertz CT molecular complexity index is 8670. The van der Waals surface area contributed by atoms with E-state index in [9.17, 15) is 0 Å². The molecule has 0 N–H and O–H groups in total. The van der Waals surface area contributed by atoms with Crippen LogP contribution in [0.4, 0.5) is 34.1 Å². The molecule has 0 aliphatic heterocycles. The first-order valence-corrected chi connectivity index (χ1v) is 49.6. The van der Waals surface area contributed by atoms with Crippen molar-refractivity contribution in [3.8, 4) is 77.9 Å². The van der Waals surface area contributed by atoms with Crippen LogP contribution in [-0.4, -0.2) is 0 Å². The zero-order valence-corrected chi connectivity index (χ0v) is 78.8. The van der Waals surface area contributed by atoms with Crippen LogP contribution in [-0.2, 0) is 27.1 Å². The van der Waals surface area contributed by atoms with Gasteiger partial charge in [-0.2, -0.15) is 0 Å². The SMILES string of the molecule is CC1(C)c2ccccc2-c2ccc(N(c3ccc(-c4ccc5oc6ccccc6c5c4)cc3)c3ccc4c(c3)C3(c5ccccc5-4)c4ccccc4C(c4ccccc4)(c4ccccc4)c4ccccc43)cc21.c1ccc(-c2ccc(-c3ccc(N(c4ccc5c(c4)C4(c6ccccc6-5)c5ccccc5C(c5ccccc5)(c5ccccc5)c5ccccc54)c4ccccc4-c4ccccc4)cc3)cc2)cc1. The molecule has 668 valence electrons. The van der Waals surface area contributed by atoms with Crippen LogP contribution in [0, 0.1) is 0 Å². The van der Waals surface area contributed by atoms with Crippen LogP contribution < -0.4 is 9.80 Å². The van der Waals surface area contributed by atoms with E-state index in [0.29, 0.717) is 0 Å². The van der Waals surface area contributed by atoms with Crippen LogP contribution in [0.1, 0.15) is 114 Å². The third kappa shape index (κ3) is 12.5. The molecule has 0 radical (unpaired) electrons. The minimum Gasteiger partial charge on any atom is -0.456 e. The van der Waals surface area contributed by atoms with E-state index in [0.717, 1.165) is 67.2 Å². The number of benzene rings is 22. The topological polar surface area (TPSA) is 19.6 Å². The third-order valence-electron chi connectivity index (χ3n) is 31.7. The van der Waals surface area contributed by atoms with Crippen LogP contribution >= 0.6 is 0 Å². The zero-order chi connectivity index (χ0) is 94.3. The Hall–Kier alpha value is -17.8. The lowest BCUT2D eigenvalue weighted by Crippen LogP contribution is -2.44. The summed E-state index contributed by atoms with van der Waals surface area (Å²) in [6.07, 6.45) is 0. The van der Waals surface area contributed by atoms with E-state index >= 15 is 0 Å². The molecule has 0 amide bonds. The van der Waals surface area contributed by atoms with Gasteiger partial charge in [0.2, 0.25) is 0 Å². The molecule has 0 atom stereocenters. The van der Waals surface area contributed by atoms with E-state index < -0.39 is 21.7 Å². The van der Waals surface area contributed by atoms with Crippen molar-refractivity contribution in [1.82, 2.24) is 0 Å². The fourth-order valence-electron chi connectivity index (χ4n) is 25.7. The summed E-state index contributed by atoms with van der Waals surface area (Å²) in [4.78, 5) is 4.96. The molecule has 0 fully saturated rings. The molecule has 28 rings (SSSR count). The van der Waals surface area contributed by atoms with E-state index in [4.69, 9.17) is 4.42 Å². The lowest BCUT2D eigenvalue weighted by Gasteiger charge is -2.50. The van der Waals surface area contributed by atoms with E-state index in [-0.39, 0.29) is 5.41 Å². The Kier molecular flexibility index (Phi) is 19.6. The van der Waals surface area contributed by atoms with E-state index in [1.54, 1.807) is 0 Å². The summed E-state index contributed by atoms with van der Waals surface area (Å²) in [5, 5.41) is 2.26. The van der Waals surface area contributed by atoms with Crippen molar-refractivity contribution in [3.05, 3.63) is 646 Å². The lowest BCUT2D eigenvalue weighted by atomic mass is 9.51. The maximum Gasteiger partial charge on any atom is 0.135 e. The summed E-state index contributed by atoms with van der Waals surface area (Å²) in [6, 6.07) is 203. The zero-order valence-electron chi connectivity index (χ0n) is 78.8. The first kappa shape index (κ1) is 83.6. The highest BCUT2D eigenvalue weighted by molar-refractivity contribution is 6.07. The normalized spacial score (nSPS) is 14.1. The molecule has 1 aromatic heterocycles. The molecular formula is C139H96N2O. The average Bonchev–Trinajstić information content (AvgIpc) is 1.38. The Morgan fingerprint density at radius 1 is 0.155 bits per heavy atom. The number of anilines is 6. The fraction of sp³-hybridized carbons (Fsp3) is 0.0504. The van der Waals surface area contributed by atoms with Gasteiger partial charge in [0.1, 0.15) is 11.2 Å². The van der Waals surface area contributed by atoms with E-state index in [2.05, 4.69) is 557 Å². The van der Waals surface area contributed by atoms with Gasteiger partial charge in [-0.25, -0.2) is 0 Å². The Morgan fingerprint density at radius 2 is 0.423 bits per heavy atom. The van der Waals surface area contributed by atoms with Crippen molar-refractivity contribution in [2.45, 2.75) is 40.9 Å². The van der Waals surface area contributed by atoms with Crippen LogP contribution in [0.25, 0.3) is 99.8 Å². The Labute approximate surface area is 829 Å². The molecular weight excluding hydrogens is 1710 g/mol. The van der Waals surface area contributed by atoms with Crippen molar-refractivity contribution < 1.29 is 4.42 Å². The van der Waals surface area contributed by atoms with Gasteiger partial charge < -0.3 is 14.2 Å². The monoisotopic (exact) mass is 1810 g/mol. The highest BCUT2D eigenvalue weighted by atomic mass is 16.3. The Morgan fingerprint density at radius 3 is 0.852 bits per heavy atom. The minimum absolute atomic E-state index is 0.170. The second-order valence-corrected chi connectivity index (χ2v) is 39.0. The first-order chi connectivity index (χ1) is 70.2. The molecule has 2 spiro atoms. The van der Waals surface area contributed by atoms with Gasteiger partial charge in [-0.15, -0.1) is 0 Å². The number of rotatable bonds is 14. The van der Waals surface area contributed by atoms with Crippen molar-refractivity contribution in [2.75, 3.05) is 9.80 Å². The van der Waals surface area contributed by atoms with Gasteiger partial charge in [0.05, 0.1) is 27.3 Å². The molecule has 23 aromatic rings. The van der Waals surface area contributed by atoms with E-state index in [1.165, 1.54) is 167 Å². The number of furan rings is 1. The van der Waals surface area contributed by atoms with Crippen LogP contribution in [0.5, 0.6) is 0 Å². The fourth-order valence-corrected chi connectivity index (χ4v) is 25.7. The van der Waals surface area contributed by atoms with Crippen molar-refractivity contribution in [2.24, 2.45) is 0 Å². The van der Waals surface area contributed by atoms with Gasteiger partial charge >= 0.3 is 0 Å². The summed E-state index contributed by atoms with van der Waals surface area (Å²) < 4.78 is 6.24. The molecule has 1 heterocycles. The number of hydrogen-bond donors (Lipinski definition) is 0. The average molecular weight is 1810 g/mol. The smallest absolute Gasteiger partial charge is 0.135 e. The van der Waals surface area contributed by atoms with Crippen molar-refractivity contribution in [3.63, 3.8) is 0 Å². The van der Waals surface area contributed by atoms with Crippen molar-refractivity contribution >= 4 is 56.1 Å². The predicted octanol–water partition coefficient (Wildman–Crippen LogP) is 35.3. The van der Waals surface area contributed by atoms with Gasteiger partial charge in [0.15, 0.2) is 0 Å². The second kappa shape index (κ2) is 33.3. The molecule has 3 heteroatoms. The summed E-state index contributed by atoms with van der Waals surface area (Å²) in [5.41, 5.74) is 46.4. The van der Waals surface area contributed by atoms with Gasteiger partial charge in [-0.1, -0.05) is 475 Å². The molecule has 5 aliphatic rings. The summed E-state index contributed by atoms with van der Waals surface area (Å²) in [6.45, 7) is 4.75.